The number of hydrogen-bond donors (Lipinski definition) is 1. The zero-order chi connectivity index (χ0) is 17.9. The summed E-state index contributed by atoms with van der Waals surface area (Å²) in [6.07, 6.45) is 5.31. The van der Waals surface area contributed by atoms with Gasteiger partial charge in [0, 0.05) is 29.3 Å². The fourth-order valence-electron chi connectivity index (χ4n) is 2.87. The molecule has 0 unspecified atom stereocenters. The van der Waals surface area contributed by atoms with Crippen molar-refractivity contribution in [1.29, 1.82) is 0 Å². The molecule has 0 aliphatic carbocycles. The molecule has 1 aromatic carbocycles. The van der Waals surface area contributed by atoms with Crippen molar-refractivity contribution in [2.75, 3.05) is 0 Å². The van der Waals surface area contributed by atoms with Crippen molar-refractivity contribution in [2.45, 2.75) is 54.4 Å². The Morgan fingerprint density at radius 2 is 1.83 bits per heavy atom. The first-order chi connectivity index (χ1) is 11.3. The molecule has 2 aromatic rings. The number of nitrogens with one attached hydrogen (secondary N) is 1. The number of H-pyrrole nitrogens is 1. The molecule has 24 heavy (non-hydrogen) atoms. The highest BCUT2D eigenvalue weighted by molar-refractivity contribution is 5.81. The largest absolute Gasteiger partial charge is 0.426 e. The number of fused-ring (bicyclic) bond motifs is 1. The number of aromatic amines is 1. The quantitative estimate of drug-likeness (QED) is 0.677. The zero-order valence-electron chi connectivity index (χ0n) is 15.6. The third-order valence-electron chi connectivity index (χ3n) is 3.84. The fraction of sp³-hybridized carbons (Fsp3) is 0.500. The van der Waals surface area contributed by atoms with Gasteiger partial charge < -0.3 is 9.72 Å². The Morgan fingerprint density at radius 3 is 2.38 bits per heavy atom. The Morgan fingerprint density at radius 1 is 1.17 bits per heavy atom. The van der Waals surface area contributed by atoms with E-state index in [-0.39, 0.29) is 11.9 Å². The molecule has 4 heteroatoms. The Hall–Kier alpha value is -2.10. The van der Waals surface area contributed by atoms with Gasteiger partial charge in [-0.2, -0.15) is 0 Å². The van der Waals surface area contributed by atoms with Crippen LogP contribution in [0.15, 0.2) is 6.07 Å². The maximum Gasteiger partial charge on any atom is 0.311 e. The van der Waals surface area contributed by atoms with Gasteiger partial charge in [0.1, 0.15) is 11.6 Å². The van der Waals surface area contributed by atoms with E-state index in [1.54, 1.807) is 0 Å². The van der Waals surface area contributed by atoms with Crippen molar-refractivity contribution in [2.24, 2.45) is 11.8 Å². The lowest BCUT2D eigenvalue weighted by atomic mass is 10.1. The van der Waals surface area contributed by atoms with Crippen LogP contribution in [0, 0.1) is 11.8 Å². The molecule has 0 aliphatic rings. The monoisotopic (exact) mass is 328 g/mol. The summed E-state index contributed by atoms with van der Waals surface area (Å²) >= 11 is 0. The van der Waals surface area contributed by atoms with Crippen LogP contribution in [-0.2, 0) is 11.2 Å². The molecule has 0 saturated heterocycles. The van der Waals surface area contributed by atoms with E-state index in [2.05, 4.69) is 18.8 Å². The van der Waals surface area contributed by atoms with Crippen LogP contribution in [0.3, 0.4) is 0 Å². The van der Waals surface area contributed by atoms with Crippen LogP contribution in [0.4, 0.5) is 0 Å². The minimum atomic E-state index is -0.198. The van der Waals surface area contributed by atoms with E-state index in [9.17, 15) is 4.79 Å². The van der Waals surface area contributed by atoms with Gasteiger partial charge in [-0.05, 0) is 25.7 Å². The highest BCUT2D eigenvalue weighted by atomic mass is 16.5. The molecule has 0 spiro atoms. The van der Waals surface area contributed by atoms with Gasteiger partial charge in [-0.15, -0.1) is 0 Å². The third kappa shape index (κ3) is 4.05. The highest BCUT2D eigenvalue weighted by Crippen LogP contribution is 2.15. The minimum absolute atomic E-state index is 0.198. The van der Waals surface area contributed by atoms with Crippen LogP contribution >= 0.6 is 0 Å². The van der Waals surface area contributed by atoms with Crippen molar-refractivity contribution in [3.63, 3.8) is 0 Å². The second kappa shape index (κ2) is 7.65. The van der Waals surface area contributed by atoms with Gasteiger partial charge in [0.05, 0.1) is 11.0 Å². The van der Waals surface area contributed by atoms with Crippen molar-refractivity contribution < 1.29 is 9.53 Å². The van der Waals surface area contributed by atoms with Crippen molar-refractivity contribution in [1.82, 2.24) is 9.97 Å². The average Bonchev–Trinajstić information content (AvgIpc) is 2.85. The molecular weight excluding hydrogens is 300 g/mol. The lowest BCUT2D eigenvalue weighted by Crippen LogP contribution is -2.29. The van der Waals surface area contributed by atoms with Gasteiger partial charge in [0.15, 0.2) is 0 Å². The van der Waals surface area contributed by atoms with Crippen LogP contribution in [0.25, 0.3) is 23.2 Å². The number of hydrogen-bond acceptors (Lipinski definition) is 3. The third-order valence-corrected chi connectivity index (χ3v) is 3.84. The number of esters is 1. The standard InChI is InChI=1S/C20H28N2O2/c1-7-14-15(8-2)20-16(21-18(22-20)9-12(3)4)11-17(14)24-19(23)10-13(5)6/h7-8,11-13H,9-10H2,1-6H3,(H,21,22). The Labute approximate surface area is 143 Å². The topological polar surface area (TPSA) is 55.0 Å². The Balaban J connectivity index is 2.58. The second-order valence-electron chi connectivity index (χ2n) is 7.03. The minimum Gasteiger partial charge on any atom is -0.426 e. The summed E-state index contributed by atoms with van der Waals surface area (Å²) in [5.41, 5.74) is 1.85. The van der Waals surface area contributed by atoms with Crippen molar-refractivity contribution in [3.05, 3.63) is 22.3 Å². The van der Waals surface area contributed by atoms with E-state index in [4.69, 9.17) is 9.72 Å². The van der Waals surface area contributed by atoms with Crippen LogP contribution < -0.4 is 15.2 Å². The fourth-order valence-corrected chi connectivity index (χ4v) is 2.87. The second-order valence-corrected chi connectivity index (χ2v) is 7.03. The lowest BCUT2D eigenvalue weighted by molar-refractivity contribution is -0.135. The average molecular weight is 328 g/mol. The summed E-state index contributed by atoms with van der Waals surface area (Å²) in [6.45, 7) is 12.3. The number of benzene rings is 1. The number of imidazole rings is 1. The molecule has 130 valence electrons. The van der Waals surface area contributed by atoms with E-state index in [1.807, 2.05) is 45.9 Å². The van der Waals surface area contributed by atoms with Crippen LogP contribution in [0.1, 0.15) is 53.8 Å². The smallest absolute Gasteiger partial charge is 0.311 e. The van der Waals surface area contributed by atoms with Gasteiger partial charge in [-0.1, -0.05) is 39.8 Å². The molecular formula is C20H28N2O2. The number of aromatic nitrogens is 2. The SMILES string of the molecule is CC=c1c(OC(=O)CC(C)C)cc2[nH]c(CC(C)C)nc2c1=CC. The first kappa shape index (κ1) is 18.2. The van der Waals surface area contributed by atoms with Gasteiger partial charge >= 0.3 is 5.97 Å². The number of carbonyl (C=O) groups is 1. The molecule has 0 aliphatic heterocycles. The van der Waals surface area contributed by atoms with Crippen LogP contribution in [0.5, 0.6) is 5.75 Å². The van der Waals surface area contributed by atoms with E-state index < -0.39 is 0 Å². The van der Waals surface area contributed by atoms with E-state index in [0.29, 0.717) is 18.1 Å². The normalized spacial score (nSPS) is 13.5. The number of nitrogens with zero attached hydrogens (tertiary/aromatic N) is 1. The predicted octanol–water partition coefficient (Wildman–Crippen LogP) is 3.31. The molecule has 1 heterocycles. The van der Waals surface area contributed by atoms with Gasteiger partial charge in [-0.3, -0.25) is 4.79 Å². The molecule has 0 amide bonds. The molecule has 1 aromatic heterocycles. The van der Waals surface area contributed by atoms with E-state index >= 15 is 0 Å². The van der Waals surface area contributed by atoms with E-state index in [0.717, 1.165) is 33.7 Å². The summed E-state index contributed by atoms with van der Waals surface area (Å²) < 4.78 is 5.65. The van der Waals surface area contributed by atoms with Crippen molar-refractivity contribution in [3.8, 4) is 5.75 Å². The summed E-state index contributed by atoms with van der Waals surface area (Å²) in [7, 11) is 0. The molecule has 0 bridgehead atoms. The maximum absolute atomic E-state index is 12.1. The predicted molar refractivity (Wildman–Crippen MR) is 99.3 cm³/mol. The molecule has 4 nitrogen and oxygen atoms in total. The number of carbonyl (C=O) groups excluding carboxylic acids is 1. The molecule has 2 rings (SSSR count). The lowest BCUT2D eigenvalue weighted by Gasteiger charge is -2.08. The molecule has 0 atom stereocenters. The summed E-state index contributed by atoms with van der Waals surface area (Å²) in [6, 6.07) is 1.90. The molecule has 0 saturated carbocycles. The first-order valence-electron chi connectivity index (χ1n) is 8.70. The van der Waals surface area contributed by atoms with Gasteiger partial charge in [-0.25, -0.2) is 4.98 Å². The maximum atomic E-state index is 12.1. The zero-order valence-corrected chi connectivity index (χ0v) is 15.6. The molecule has 0 radical (unpaired) electrons. The van der Waals surface area contributed by atoms with Crippen LogP contribution in [0.2, 0.25) is 0 Å². The van der Waals surface area contributed by atoms with Crippen molar-refractivity contribution >= 4 is 29.2 Å². The van der Waals surface area contributed by atoms with E-state index in [1.165, 1.54) is 0 Å². The number of ether oxygens (including phenoxy) is 1. The first-order valence-corrected chi connectivity index (χ1v) is 8.70. The molecule has 1 N–H and O–H groups in total. The van der Waals surface area contributed by atoms with Crippen LogP contribution in [-0.4, -0.2) is 15.9 Å². The van der Waals surface area contributed by atoms with Gasteiger partial charge in [0.2, 0.25) is 0 Å². The molecule has 0 fully saturated rings. The summed E-state index contributed by atoms with van der Waals surface area (Å²) in [5, 5.41) is 1.93. The number of rotatable bonds is 5. The Bertz CT molecular complexity index is 845. The Kier molecular flexibility index (Phi) is 5.81. The summed E-state index contributed by atoms with van der Waals surface area (Å²) in [5.74, 6) is 2.17. The summed E-state index contributed by atoms with van der Waals surface area (Å²) in [4.78, 5) is 20.2. The van der Waals surface area contributed by atoms with Gasteiger partial charge in [0.25, 0.3) is 0 Å². The highest BCUT2D eigenvalue weighted by Gasteiger charge is 2.13.